The first-order valence-electron chi connectivity index (χ1n) is 6.97. The van der Waals surface area contributed by atoms with Gasteiger partial charge in [-0.1, -0.05) is 5.16 Å². The molecule has 0 saturated heterocycles. The van der Waals surface area contributed by atoms with Gasteiger partial charge in [-0.15, -0.1) is 0 Å². The van der Waals surface area contributed by atoms with Crippen molar-refractivity contribution in [3.8, 4) is 28.8 Å². The fraction of sp³-hybridized carbons (Fsp3) is 0.200. The molecule has 0 spiro atoms. The largest absolute Gasteiger partial charge is 0.497 e. The SMILES string of the molecule is CNS(=O)(=O)c1cc(-c2nc(-c3ccc(OC)cc3)no2)oc1C. The van der Waals surface area contributed by atoms with Crippen LogP contribution in [0.3, 0.4) is 0 Å². The van der Waals surface area contributed by atoms with Gasteiger partial charge in [0.05, 0.1) is 7.11 Å². The number of aromatic nitrogens is 2. The normalized spacial score (nSPS) is 11.6. The number of methoxy groups -OCH3 is 1. The lowest BCUT2D eigenvalue weighted by atomic mass is 10.2. The van der Waals surface area contributed by atoms with Crippen LogP contribution in [0.4, 0.5) is 0 Å². The monoisotopic (exact) mass is 349 g/mol. The number of sulfonamides is 1. The first-order valence-corrected chi connectivity index (χ1v) is 8.45. The second kappa shape index (κ2) is 6.10. The fourth-order valence-electron chi connectivity index (χ4n) is 2.13. The second-order valence-electron chi connectivity index (χ2n) is 4.89. The lowest BCUT2D eigenvalue weighted by molar-refractivity contribution is 0.413. The highest BCUT2D eigenvalue weighted by Crippen LogP contribution is 2.29. The summed E-state index contributed by atoms with van der Waals surface area (Å²) < 4.78 is 41.8. The number of ether oxygens (including phenoxy) is 1. The molecule has 0 aliphatic heterocycles. The predicted octanol–water partition coefficient (Wildman–Crippen LogP) is 2.22. The summed E-state index contributed by atoms with van der Waals surface area (Å²) in [6.07, 6.45) is 0. The topological polar surface area (TPSA) is 107 Å². The van der Waals surface area contributed by atoms with E-state index in [-0.39, 0.29) is 22.3 Å². The Labute approximate surface area is 138 Å². The molecule has 126 valence electrons. The van der Waals surface area contributed by atoms with E-state index in [1.165, 1.54) is 13.1 Å². The van der Waals surface area contributed by atoms with Crippen LogP contribution in [0.1, 0.15) is 5.76 Å². The average molecular weight is 349 g/mol. The lowest BCUT2D eigenvalue weighted by Crippen LogP contribution is -2.18. The van der Waals surface area contributed by atoms with Gasteiger partial charge in [0.1, 0.15) is 16.4 Å². The molecule has 0 radical (unpaired) electrons. The molecule has 0 fully saturated rings. The summed E-state index contributed by atoms with van der Waals surface area (Å²) in [6.45, 7) is 1.55. The third-order valence-electron chi connectivity index (χ3n) is 3.42. The summed E-state index contributed by atoms with van der Waals surface area (Å²) in [5, 5.41) is 3.89. The molecule has 3 aromatic rings. The first kappa shape index (κ1) is 16.2. The third kappa shape index (κ3) is 2.91. The molecule has 9 heteroatoms. The van der Waals surface area contributed by atoms with Crippen LogP contribution in [0.25, 0.3) is 23.0 Å². The van der Waals surface area contributed by atoms with Gasteiger partial charge < -0.3 is 13.7 Å². The predicted molar refractivity (Wildman–Crippen MR) is 85.0 cm³/mol. The van der Waals surface area contributed by atoms with Gasteiger partial charge in [-0.05, 0) is 38.2 Å². The number of aryl methyl sites for hydroxylation is 1. The van der Waals surface area contributed by atoms with Gasteiger partial charge in [0, 0.05) is 11.6 Å². The second-order valence-corrected chi connectivity index (χ2v) is 6.75. The highest BCUT2D eigenvalue weighted by Gasteiger charge is 2.23. The van der Waals surface area contributed by atoms with E-state index in [0.717, 1.165) is 5.56 Å². The summed E-state index contributed by atoms with van der Waals surface area (Å²) >= 11 is 0. The van der Waals surface area contributed by atoms with E-state index in [1.54, 1.807) is 38.3 Å². The molecule has 0 atom stereocenters. The third-order valence-corrected chi connectivity index (χ3v) is 4.94. The number of hydrogen-bond donors (Lipinski definition) is 1. The van der Waals surface area contributed by atoms with Crippen molar-refractivity contribution in [1.29, 1.82) is 0 Å². The van der Waals surface area contributed by atoms with Gasteiger partial charge in [0.2, 0.25) is 15.8 Å². The van der Waals surface area contributed by atoms with Crippen molar-refractivity contribution in [3.63, 3.8) is 0 Å². The Balaban J connectivity index is 1.95. The fourth-order valence-corrected chi connectivity index (χ4v) is 3.03. The summed E-state index contributed by atoms with van der Waals surface area (Å²) in [6, 6.07) is 8.49. The minimum absolute atomic E-state index is 0.0317. The van der Waals surface area contributed by atoms with E-state index in [4.69, 9.17) is 13.7 Å². The molecule has 24 heavy (non-hydrogen) atoms. The van der Waals surface area contributed by atoms with E-state index in [1.807, 2.05) is 0 Å². The highest BCUT2D eigenvalue weighted by atomic mass is 32.2. The van der Waals surface area contributed by atoms with Gasteiger partial charge in [-0.25, -0.2) is 13.1 Å². The summed E-state index contributed by atoms with van der Waals surface area (Å²) in [5.74, 6) is 1.60. The first-order chi connectivity index (χ1) is 11.4. The van der Waals surface area contributed by atoms with Gasteiger partial charge in [-0.3, -0.25) is 0 Å². The molecule has 3 rings (SSSR count). The molecule has 0 unspecified atom stereocenters. The smallest absolute Gasteiger partial charge is 0.293 e. The Morgan fingerprint density at radius 3 is 2.54 bits per heavy atom. The van der Waals surface area contributed by atoms with E-state index < -0.39 is 10.0 Å². The molecule has 0 amide bonds. The zero-order chi connectivity index (χ0) is 17.3. The lowest BCUT2D eigenvalue weighted by Gasteiger charge is -1.98. The number of furan rings is 1. The Bertz CT molecular complexity index is 957. The van der Waals surface area contributed by atoms with Crippen molar-refractivity contribution >= 4 is 10.0 Å². The van der Waals surface area contributed by atoms with Crippen LogP contribution in [-0.4, -0.2) is 32.7 Å². The van der Waals surface area contributed by atoms with Crippen LogP contribution >= 0.6 is 0 Å². The molecule has 0 aliphatic carbocycles. The van der Waals surface area contributed by atoms with Gasteiger partial charge in [-0.2, -0.15) is 4.98 Å². The molecule has 0 aliphatic rings. The number of rotatable bonds is 5. The Kier molecular flexibility index (Phi) is 4.12. The summed E-state index contributed by atoms with van der Waals surface area (Å²) in [7, 11) is -0.706. The maximum Gasteiger partial charge on any atom is 0.293 e. The quantitative estimate of drug-likeness (QED) is 0.752. The van der Waals surface area contributed by atoms with Gasteiger partial charge in [0.25, 0.3) is 5.89 Å². The Morgan fingerprint density at radius 2 is 1.92 bits per heavy atom. The molecule has 8 nitrogen and oxygen atoms in total. The maximum atomic E-state index is 11.9. The molecular formula is C15H15N3O5S. The molecule has 0 bridgehead atoms. The van der Waals surface area contributed by atoms with E-state index >= 15 is 0 Å². The van der Waals surface area contributed by atoms with Crippen molar-refractivity contribution < 1.29 is 22.1 Å². The minimum atomic E-state index is -3.62. The molecule has 1 aromatic carbocycles. The number of nitrogens with one attached hydrogen (secondary N) is 1. The van der Waals surface area contributed by atoms with Crippen LogP contribution in [0.2, 0.25) is 0 Å². The zero-order valence-electron chi connectivity index (χ0n) is 13.2. The van der Waals surface area contributed by atoms with Crippen LogP contribution in [0, 0.1) is 6.92 Å². The number of hydrogen-bond acceptors (Lipinski definition) is 7. The summed E-state index contributed by atoms with van der Waals surface area (Å²) in [5.41, 5.74) is 0.733. The average Bonchev–Trinajstić information content (AvgIpc) is 3.22. The standard InChI is InChI=1S/C15H15N3O5S/c1-9-13(24(19,20)16-2)8-12(22-9)15-17-14(18-23-15)10-4-6-11(21-3)7-5-10/h4-8,16H,1-3H3. The van der Waals surface area contributed by atoms with Crippen LogP contribution in [0.5, 0.6) is 5.75 Å². The van der Waals surface area contributed by atoms with Crippen molar-refractivity contribution in [1.82, 2.24) is 14.9 Å². The minimum Gasteiger partial charge on any atom is -0.497 e. The Hall–Kier alpha value is -2.65. The van der Waals surface area contributed by atoms with E-state index in [0.29, 0.717) is 11.6 Å². The van der Waals surface area contributed by atoms with Crippen molar-refractivity contribution in [2.24, 2.45) is 0 Å². The van der Waals surface area contributed by atoms with E-state index in [9.17, 15) is 8.42 Å². The van der Waals surface area contributed by atoms with Crippen LogP contribution < -0.4 is 9.46 Å². The van der Waals surface area contributed by atoms with Gasteiger partial charge in [0.15, 0.2) is 5.76 Å². The molecular weight excluding hydrogens is 334 g/mol. The molecule has 2 aromatic heterocycles. The Morgan fingerprint density at radius 1 is 1.21 bits per heavy atom. The molecule has 1 N–H and O–H groups in total. The highest BCUT2D eigenvalue weighted by molar-refractivity contribution is 7.89. The van der Waals surface area contributed by atoms with Crippen molar-refractivity contribution in [2.45, 2.75) is 11.8 Å². The van der Waals surface area contributed by atoms with Gasteiger partial charge >= 0.3 is 0 Å². The van der Waals surface area contributed by atoms with Crippen molar-refractivity contribution in [2.75, 3.05) is 14.2 Å². The maximum absolute atomic E-state index is 11.9. The summed E-state index contributed by atoms with van der Waals surface area (Å²) in [4.78, 5) is 4.27. The molecule has 0 saturated carbocycles. The number of nitrogens with zero attached hydrogens (tertiary/aromatic N) is 2. The van der Waals surface area contributed by atoms with Crippen LogP contribution in [0.15, 0.2) is 44.2 Å². The van der Waals surface area contributed by atoms with Crippen molar-refractivity contribution in [3.05, 3.63) is 36.1 Å². The number of benzene rings is 1. The van der Waals surface area contributed by atoms with E-state index in [2.05, 4.69) is 14.9 Å². The van der Waals surface area contributed by atoms with Crippen LogP contribution in [-0.2, 0) is 10.0 Å². The zero-order valence-corrected chi connectivity index (χ0v) is 14.0. The molecule has 2 heterocycles.